The van der Waals surface area contributed by atoms with Crippen LogP contribution in [0.4, 0.5) is 10.1 Å². The number of fused-ring (bicyclic) bond motifs is 1. The Kier molecular flexibility index (Phi) is 4.67. The number of benzene rings is 2. The summed E-state index contributed by atoms with van der Waals surface area (Å²) in [6.07, 6.45) is 2.25. The number of hydrogen-bond donors (Lipinski definition) is 1. The maximum atomic E-state index is 13.0. The lowest BCUT2D eigenvalue weighted by Gasteiger charge is -2.10. The quantitative estimate of drug-likeness (QED) is 0.719. The standard InChI is InChI=1S/C20H17FN2O2S/c21-15-6-4-13(5-7-15)18-12-26-20(23-18)11-25-16-8-9-17-14(10-16)2-1-3-19(24)22-17/h4-10,12H,1-3,11H2,(H,22,24). The Morgan fingerprint density at radius 3 is 2.85 bits per heavy atom. The molecule has 0 saturated heterocycles. The van der Waals surface area contributed by atoms with Crippen LogP contribution in [-0.2, 0) is 17.8 Å². The van der Waals surface area contributed by atoms with Gasteiger partial charge in [-0.15, -0.1) is 11.3 Å². The molecule has 26 heavy (non-hydrogen) atoms. The Balaban J connectivity index is 1.44. The van der Waals surface area contributed by atoms with Crippen LogP contribution in [0.1, 0.15) is 23.4 Å². The topological polar surface area (TPSA) is 51.2 Å². The van der Waals surface area contributed by atoms with Crippen molar-refractivity contribution < 1.29 is 13.9 Å². The van der Waals surface area contributed by atoms with Gasteiger partial charge in [-0.3, -0.25) is 4.79 Å². The van der Waals surface area contributed by atoms with Gasteiger partial charge in [-0.2, -0.15) is 0 Å². The molecule has 1 amide bonds. The largest absolute Gasteiger partial charge is 0.486 e. The minimum absolute atomic E-state index is 0.0635. The second-order valence-electron chi connectivity index (χ2n) is 6.14. The highest BCUT2D eigenvalue weighted by Crippen LogP contribution is 2.28. The Bertz CT molecular complexity index is 937. The van der Waals surface area contributed by atoms with Crippen LogP contribution in [0.15, 0.2) is 47.8 Å². The number of carbonyl (C=O) groups is 1. The first-order valence-electron chi connectivity index (χ1n) is 8.43. The predicted molar refractivity (Wildman–Crippen MR) is 99.8 cm³/mol. The minimum Gasteiger partial charge on any atom is -0.486 e. The van der Waals surface area contributed by atoms with Crippen molar-refractivity contribution in [2.24, 2.45) is 0 Å². The molecular weight excluding hydrogens is 351 g/mol. The first kappa shape index (κ1) is 16.7. The van der Waals surface area contributed by atoms with Crippen molar-refractivity contribution in [2.45, 2.75) is 25.9 Å². The molecule has 6 heteroatoms. The maximum absolute atomic E-state index is 13.0. The number of hydrogen-bond acceptors (Lipinski definition) is 4. The molecule has 4 nitrogen and oxygen atoms in total. The van der Waals surface area contributed by atoms with E-state index in [-0.39, 0.29) is 11.7 Å². The lowest BCUT2D eigenvalue weighted by Crippen LogP contribution is -2.09. The van der Waals surface area contributed by atoms with Crippen LogP contribution in [0.5, 0.6) is 5.75 Å². The number of rotatable bonds is 4. The van der Waals surface area contributed by atoms with Crippen molar-refractivity contribution >= 4 is 22.9 Å². The number of aryl methyl sites for hydroxylation is 1. The van der Waals surface area contributed by atoms with Gasteiger partial charge in [0.15, 0.2) is 0 Å². The number of amides is 1. The van der Waals surface area contributed by atoms with Crippen molar-refractivity contribution in [3.05, 3.63) is 64.2 Å². The van der Waals surface area contributed by atoms with Gasteiger partial charge in [0.25, 0.3) is 0 Å². The molecule has 0 bridgehead atoms. The summed E-state index contributed by atoms with van der Waals surface area (Å²) in [5.74, 6) is 0.568. The minimum atomic E-state index is -0.257. The average molecular weight is 368 g/mol. The normalized spacial score (nSPS) is 13.7. The zero-order valence-electron chi connectivity index (χ0n) is 14.0. The third kappa shape index (κ3) is 3.75. The number of anilines is 1. The van der Waals surface area contributed by atoms with Crippen LogP contribution in [0.25, 0.3) is 11.3 Å². The number of halogens is 1. The van der Waals surface area contributed by atoms with E-state index in [1.807, 2.05) is 23.6 Å². The summed E-state index contributed by atoms with van der Waals surface area (Å²) in [6.45, 7) is 0.372. The zero-order chi connectivity index (χ0) is 17.9. The van der Waals surface area contributed by atoms with Gasteiger partial charge >= 0.3 is 0 Å². The molecule has 0 radical (unpaired) electrons. The van der Waals surface area contributed by atoms with E-state index in [0.717, 1.165) is 46.1 Å². The number of nitrogens with zero attached hydrogens (tertiary/aromatic N) is 1. The van der Waals surface area contributed by atoms with Gasteiger partial charge in [0, 0.05) is 23.1 Å². The molecule has 0 aliphatic carbocycles. The highest BCUT2D eigenvalue weighted by atomic mass is 32.1. The number of aromatic nitrogens is 1. The van der Waals surface area contributed by atoms with E-state index in [9.17, 15) is 9.18 Å². The molecule has 0 spiro atoms. The third-order valence-electron chi connectivity index (χ3n) is 4.25. The summed E-state index contributed by atoms with van der Waals surface area (Å²) < 4.78 is 18.9. The van der Waals surface area contributed by atoms with Gasteiger partial charge < -0.3 is 10.1 Å². The van der Waals surface area contributed by atoms with Crippen molar-refractivity contribution in [2.75, 3.05) is 5.32 Å². The molecule has 0 fully saturated rings. The summed E-state index contributed by atoms with van der Waals surface area (Å²) >= 11 is 1.51. The fraction of sp³-hybridized carbons (Fsp3) is 0.200. The van der Waals surface area contributed by atoms with E-state index < -0.39 is 0 Å². The SMILES string of the molecule is O=C1CCCc2cc(OCc3nc(-c4ccc(F)cc4)cs3)ccc2N1. The van der Waals surface area contributed by atoms with Crippen LogP contribution >= 0.6 is 11.3 Å². The number of carbonyl (C=O) groups excluding carboxylic acids is 1. The molecule has 1 aliphatic heterocycles. The van der Waals surface area contributed by atoms with Crippen molar-refractivity contribution in [1.29, 1.82) is 0 Å². The molecule has 0 atom stereocenters. The van der Waals surface area contributed by atoms with E-state index >= 15 is 0 Å². The Hall–Kier alpha value is -2.73. The molecule has 2 aromatic carbocycles. The first-order chi connectivity index (χ1) is 12.7. The smallest absolute Gasteiger partial charge is 0.224 e. The third-order valence-corrected chi connectivity index (χ3v) is 5.08. The lowest BCUT2D eigenvalue weighted by atomic mass is 10.1. The second-order valence-corrected chi connectivity index (χ2v) is 7.09. The number of thiazole rings is 1. The zero-order valence-corrected chi connectivity index (χ0v) is 14.8. The average Bonchev–Trinajstić information content (AvgIpc) is 3.03. The fourth-order valence-corrected chi connectivity index (χ4v) is 3.63. The number of nitrogens with one attached hydrogen (secondary N) is 1. The van der Waals surface area contributed by atoms with Gasteiger partial charge in [-0.05, 0) is 60.9 Å². The Morgan fingerprint density at radius 2 is 2.00 bits per heavy atom. The monoisotopic (exact) mass is 368 g/mol. The van der Waals surface area contributed by atoms with Crippen molar-refractivity contribution in [3.63, 3.8) is 0 Å². The van der Waals surface area contributed by atoms with Crippen LogP contribution < -0.4 is 10.1 Å². The van der Waals surface area contributed by atoms with Crippen LogP contribution in [-0.4, -0.2) is 10.9 Å². The van der Waals surface area contributed by atoms with Crippen LogP contribution in [0, 0.1) is 5.82 Å². The van der Waals surface area contributed by atoms with Gasteiger partial charge in [0.1, 0.15) is 23.2 Å². The Labute approximate surface area is 154 Å². The summed E-state index contributed by atoms with van der Waals surface area (Å²) in [7, 11) is 0. The second kappa shape index (κ2) is 7.25. The van der Waals surface area contributed by atoms with E-state index in [1.165, 1.54) is 23.5 Å². The van der Waals surface area contributed by atoms with E-state index in [0.29, 0.717) is 13.0 Å². The van der Waals surface area contributed by atoms with E-state index in [1.54, 1.807) is 12.1 Å². The summed E-state index contributed by atoms with van der Waals surface area (Å²) in [5, 5.41) is 5.71. The highest BCUT2D eigenvalue weighted by molar-refractivity contribution is 7.09. The molecule has 132 valence electrons. The van der Waals surface area contributed by atoms with Crippen molar-refractivity contribution in [1.82, 2.24) is 4.98 Å². The Morgan fingerprint density at radius 1 is 1.15 bits per heavy atom. The molecular formula is C20H17FN2O2S. The molecule has 4 rings (SSSR count). The van der Waals surface area contributed by atoms with Crippen LogP contribution in [0.3, 0.4) is 0 Å². The molecule has 1 aromatic heterocycles. The van der Waals surface area contributed by atoms with Gasteiger partial charge in [0.05, 0.1) is 5.69 Å². The lowest BCUT2D eigenvalue weighted by molar-refractivity contribution is -0.116. The fourth-order valence-electron chi connectivity index (χ4n) is 2.92. The van der Waals surface area contributed by atoms with Crippen molar-refractivity contribution in [3.8, 4) is 17.0 Å². The molecule has 1 aliphatic rings. The van der Waals surface area contributed by atoms with Gasteiger partial charge in [-0.25, -0.2) is 9.37 Å². The van der Waals surface area contributed by atoms with Gasteiger partial charge in [-0.1, -0.05) is 0 Å². The van der Waals surface area contributed by atoms with E-state index in [4.69, 9.17) is 4.74 Å². The summed E-state index contributed by atoms with van der Waals surface area (Å²) in [6, 6.07) is 12.0. The number of ether oxygens (including phenoxy) is 1. The summed E-state index contributed by atoms with van der Waals surface area (Å²) in [4.78, 5) is 16.2. The van der Waals surface area contributed by atoms with Crippen LogP contribution in [0.2, 0.25) is 0 Å². The molecule has 0 unspecified atom stereocenters. The molecule has 0 saturated carbocycles. The van der Waals surface area contributed by atoms with Gasteiger partial charge in [0.2, 0.25) is 5.91 Å². The predicted octanol–water partition coefficient (Wildman–Crippen LogP) is 4.80. The molecule has 1 N–H and O–H groups in total. The summed E-state index contributed by atoms with van der Waals surface area (Å²) in [5.41, 5.74) is 3.67. The highest BCUT2D eigenvalue weighted by Gasteiger charge is 2.13. The molecule has 3 aromatic rings. The first-order valence-corrected chi connectivity index (χ1v) is 9.31. The maximum Gasteiger partial charge on any atom is 0.224 e. The molecule has 2 heterocycles. The van der Waals surface area contributed by atoms with E-state index in [2.05, 4.69) is 10.3 Å².